The van der Waals surface area contributed by atoms with Crippen LogP contribution < -0.4 is 5.32 Å². The molecular weight excluding hydrogens is 194 g/mol. The smallest absolute Gasteiger partial charge is 0.0409 e. The van der Waals surface area contributed by atoms with Crippen LogP contribution in [-0.2, 0) is 0 Å². The first-order valence-electron chi connectivity index (χ1n) is 5.15. The average Bonchev–Trinajstić information content (AvgIpc) is 2.17. The fraction of sp³-hybridized carbons (Fsp3) is 0.500. The Morgan fingerprint density at radius 2 is 2.07 bits per heavy atom. The number of hydrogen-bond donors (Lipinski definition) is 1. The minimum atomic E-state index is 0.364. The Bertz CT molecular complexity index is 285. The molecule has 0 bridgehead atoms. The minimum Gasteiger partial charge on any atom is -0.308 e. The van der Waals surface area contributed by atoms with Crippen molar-refractivity contribution in [2.24, 2.45) is 0 Å². The third-order valence-electron chi connectivity index (χ3n) is 2.50. The van der Waals surface area contributed by atoms with Gasteiger partial charge in [-0.25, -0.2) is 0 Å². The first-order chi connectivity index (χ1) is 6.63. The zero-order valence-corrected chi connectivity index (χ0v) is 9.81. The summed E-state index contributed by atoms with van der Waals surface area (Å²) in [4.78, 5) is 0. The summed E-state index contributed by atoms with van der Waals surface area (Å²) >= 11 is 5.93. The summed E-state index contributed by atoms with van der Waals surface area (Å²) in [5, 5.41) is 4.32. The molecule has 0 aliphatic rings. The molecule has 0 amide bonds. The lowest BCUT2D eigenvalue weighted by atomic mass is 10.1. The predicted octanol–water partition coefficient (Wildman–Crippen LogP) is 3.79. The van der Waals surface area contributed by atoms with Gasteiger partial charge in [0, 0.05) is 17.1 Å². The normalized spacial score (nSPS) is 15.1. The molecule has 1 aromatic rings. The van der Waals surface area contributed by atoms with Crippen LogP contribution in [0.25, 0.3) is 0 Å². The monoisotopic (exact) mass is 211 g/mol. The summed E-state index contributed by atoms with van der Waals surface area (Å²) in [6.45, 7) is 6.54. The van der Waals surface area contributed by atoms with E-state index in [1.807, 2.05) is 18.2 Å². The highest BCUT2D eigenvalue weighted by Gasteiger charge is 2.07. The summed E-state index contributed by atoms with van der Waals surface area (Å²) in [6.07, 6.45) is 1.14. The van der Waals surface area contributed by atoms with Gasteiger partial charge in [0.15, 0.2) is 0 Å². The van der Waals surface area contributed by atoms with Gasteiger partial charge in [-0.2, -0.15) is 0 Å². The van der Waals surface area contributed by atoms with Crippen LogP contribution in [-0.4, -0.2) is 6.04 Å². The summed E-state index contributed by atoms with van der Waals surface area (Å²) in [7, 11) is 0. The van der Waals surface area contributed by atoms with Gasteiger partial charge in [-0.15, -0.1) is 0 Å². The van der Waals surface area contributed by atoms with Gasteiger partial charge < -0.3 is 5.32 Å². The SMILES string of the molecule is CCC(C)NC(C)c1cccc(Cl)c1. The third kappa shape index (κ3) is 3.32. The molecule has 0 fully saturated rings. The molecule has 0 saturated heterocycles. The van der Waals surface area contributed by atoms with Crippen LogP contribution in [0.2, 0.25) is 5.02 Å². The second kappa shape index (κ2) is 5.38. The molecule has 78 valence electrons. The Balaban J connectivity index is 2.64. The highest BCUT2D eigenvalue weighted by atomic mass is 35.5. The molecule has 1 rings (SSSR count). The van der Waals surface area contributed by atoms with Crippen LogP contribution in [0, 0.1) is 0 Å². The molecule has 1 aromatic carbocycles. The van der Waals surface area contributed by atoms with Gasteiger partial charge in [-0.1, -0.05) is 30.7 Å². The highest BCUT2D eigenvalue weighted by molar-refractivity contribution is 6.30. The van der Waals surface area contributed by atoms with Crippen molar-refractivity contribution in [2.45, 2.75) is 39.3 Å². The summed E-state index contributed by atoms with van der Waals surface area (Å²) in [6, 6.07) is 8.92. The standard InChI is InChI=1S/C12H18ClN/c1-4-9(2)14-10(3)11-6-5-7-12(13)8-11/h5-10,14H,4H2,1-3H3. The van der Waals surface area contributed by atoms with Gasteiger partial charge in [0.25, 0.3) is 0 Å². The maximum atomic E-state index is 5.93. The molecule has 0 saturated carbocycles. The van der Waals surface area contributed by atoms with E-state index in [-0.39, 0.29) is 0 Å². The molecule has 0 aromatic heterocycles. The average molecular weight is 212 g/mol. The Labute approximate surface area is 91.5 Å². The summed E-state index contributed by atoms with van der Waals surface area (Å²) in [5.41, 5.74) is 1.25. The summed E-state index contributed by atoms with van der Waals surface area (Å²) in [5.74, 6) is 0. The Kier molecular flexibility index (Phi) is 4.43. The molecule has 0 radical (unpaired) electrons. The van der Waals surface area contributed by atoms with E-state index in [0.717, 1.165) is 11.4 Å². The molecule has 0 aliphatic carbocycles. The highest BCUT2D eigenvalue weighted by Crippen LogP contribution is 2.17. The maximum absolute atomic E-state index is 5.93. The van der Waals surface area contributed by atoms with E-state index in [9.17, 15) is 0 Å². The predicted molar refractivity (Wildman–Crippen MR) is 62.8 cm³/mol. The van der Waals surface area contributed by atoms with Crippen molar-refractivity contribution in [3.05, 3.63) is 34.9 Å². The Hall–Kier alpha value is -0.530. The fourth-order valence-corrected chi connectivity index (χ4v) is 1.62. The van der Waals surface area contributed by atoms with E-state index in [0.29, 0.717) is 12.1 Å². The first-order valence-corrected chi connectivity index (χ1v) is 5.52. The zero-order chi connectivity index (χ0) is 10.6. The molecule has 14 heavy (non-hydrogen) atoms. The zero-order valence-electron chi connectivity index (χ0n) is 9.05. The van der Waals surface area contributed by atoms with Crippen LogP contribution in [0.3, 0.4) is 0 Å². The lowest BCUT2D eigenvalue weighted by molar-refractivity contribution is 0.469. The molecular formula is C12H18ClN. The van der Waals surface area contributed by atoms with Crippen LogP contribution in [0.4, 0.5) is 0 Å². The molecule has 1 nitrogen and oxygen atoms in total. The van der Waals surface area contributed by atoms with Crippen molar-refractivity contribution < 1.29 is 0 Å². The molecule has 2 atom stereocenters. The van der Waals surface area contributed by atoms with Gasteiger partial charge in [-0.05, 0) is 38.0 Å². The number of rotatable bonds is 4. The van der Waals surface area contributed by atoms with Crippen LogP contribution >= 0.6 is 11.6 Å². The van der Waals surface area contributed by atoms with Gasteiger partial charge in [-0.3, -0.25) is 0 Å². The first kappa shape index (κ1) is 11.5. The van der Waals surface area contributed by atoms with Gasteiger partial charge in [0.05, 0.1) is 0 Å². The van der Waals surface area contributed by atoms with Crippen LogP contribution in [0.5, 0.6) is 0 Å². The third-order valence-corrected chi connectivity index (χ3v) is 2.73. The van der Waals surface area contributed by atoms with Gasteiger partial charge >= 0.3 is 0 Å². The van der Waals surface area contributed by atoms with Gasteiger partial charge in [0.2, 0.25) is 0 Å². The molecule has 1 N–H and O–H groups in total. The largest absolute Gasteiger partial charge is 0.308 e. The number of benzene rings is 1. The lowest BCUT2D eigenvalue weighted by Gasteiger charge is -2.19. The van der Waals surface area contributed by atoms with E-state index in [1.54, 1.807) is 0 Å². The Morgan fingerprint density at radius 1 is 1.36 bits per heavy atom. The quantitative estimate of drug-likeness (QED) is 0.799. The minimum absolute atomic E-state index is 0.364. The topological polar surface area (TPSA) is 12.0 Å². The van der Waals surface area contributed by atoms with Crippen LogP contribution in [0.1, 0.15) is 38.8 Å². The van der Waals surface area contributed by atoms with Crippen molar-refractivity contribution in [3.8, 4) is 0 Å². The van der Waals surface area contributed by atoms with Crippen molar-refractivity contribution in [1.29, 1.82) is 0 Å². The molecule has 0 aliphatic heterocycles. The Morgan fingerprint density at radius 3 is 2.64 bits per heavy atom. The summed E-state index contributed by atoms with van der Waals surface area (Å²) < 4.78 is 0. The van der Waals surface area contributed by atoms with Crippen molar-refractivity contribution >= 4 is 11.6 Å². The second-order valence-electron chi connectivity index (χ2n) is 3.75. The number of hydrogen-bond acceptors (Lipinski definition) is 1. The number of nitrogens with one attached hydrogen (secondary N) is 1. The maximum Gasteiger partial charge on any atom is 0.0409 e. The molecule has 2 heteroatoms. The van der Waals surface area contributed by atoms with Crippen LogP contribution in [0.15, 0.2) is 24.3 Å². The van der Waals surface area contributed by atoms with Crippen molar-refractivity contribution in [2.75, 3.05) is 0 Å². The lowest BCUT2D eigenvalue weighted by Crippen LogP contribution is -2.28. The second-order valence-corrected chi connectivity index (χ2v) is 4.19. The van der Waals surface area contributed by atoms with E-state index >= 15 is 0 Å². The fourth-order valence-electron chi connectivity index (χ4n) is 1.42. The van der Waals surface area contributed by atoms with Gasteiger partial charge in [0.1, 0.15) is 0 Å². The van der Waals surface area contributed by atoms with E-state index in [4.69, 9.17) is 11.6 Å². The van der Waals surface area contributed by atoms with E-state index < -0.39 is 0 Å². The molecule has 0 spiro atoms. The van der Waals surface area contributed by atoms with Crippen molar-refractivity contribution in [3.63, 3.8) is 0 Å². The number of halogens is 1. The van der Waals surface area contributed by atoms with Crippen molar-refractivity contribution in [1.82, 2.24) is 5.32 Å². The molecule has 2 unspecified atom stereocenters. The van der Waals surface area contributed by atoms with E-state index in [2.05, 4.69) is 32.2 Å². The molecule has 0 heterocycles. The van der Waals surface area contributed by atoms with E-state index in [1.165, 1.54) is 5.56 Å².